The van der Waals surface area contributed by atoms with E-state index in [1.807, 2.05) is 29.5 Å². The van der Waals surface area contributed by atoms with Gasteiger partial charge in [-0.3, -0.25) is 0 Å². The Kier molecular flexibility index (Phi) is 4.42. The topological polar surface area (TPSA) is 9.23 Å². The van der Waals surface area contributed by atoms with Gasteiger partial charge in [-0.15, -0.1) is 11.3 Å². The first-order chi connectivity index (χ1) is 10.3. The van der Waals surface area contributed by atoms with Crippen LogP contribution in [0.5, 0.6) is 5.75 Å². The van der Waals surface area contributed by atoms with Crippen molar-refractivity contribution in [2.24, 2.45) is 0 Å². The van der Waals surface area contributed by atoms with E-state index < -0.39 is 0 Å². The van der Waals surface area contributed by atoms with Crippen molar-refractivity contribution in [1.82, 2.24) is 0 Å². The molecule has 0 aliphatic rings. The minimum atomic E-state index is 0.889. The third-order valence-electron chi connectivity index (χ3n) is 3.33. The maximum Gasteiger partial charge on any atom is 0.122 e. The SMILES string of the molecule is COc1ccc(Br)cc1Cc1ccc(-c2ccccc2)s1. The summed E-state index contributed by atoms with van der Waals surface area (Å²) >= 11 is 5.36. The summed E-state index contributed by atoms with van der Waals surface area (Å²) in [5, 5.41) is 0. The zero-order valence-electron chi connectivity index (χ0n) is 11.7. The summed E-state index contributed by atoms with van der Waals surface area (Å²) in [5.41, 5.74) is 2.48. The van der Waals surface area contributed by atoms with Gasteiger partial charge in [0.2, 0.25) is 0 Å². The molecule has 0 saturated heterocycles. The Morgan fingerprint density at radius 3 is 2.57 bits per heavy atom. The summed E-state index contributed by atoms with van der Waals surface area (Å²) in [6.07, 6.45) is 0.889. The van der Waals surface area contributed by atoms with Crippen LogP contribution in [-0.2, 0) is 6.42 Å². The minimum Gasteiger partial charge on any atom is -0.496 e. The molecule has 0 saturated carbocycles. The largest absolute Gasteiger partial charge is 0.496 e. The van der Waals surface area contributed by atoms with Gasteiger partial charge in [-0.25, -0.2) is 0 Å². The number of ether oxygens (including phenoxy) is 1. The van der Waals surface area contributed by atoms with E-state index in [0.29, 0.717) is 0 Å². The van der Waals surface area contributed by atoms with Gasteiger partial charge in [0.05, 0.1) is 7.11 Å². The Hall–Kier alpha value is -1.58. The highest BCUT2D eigenvalue weighted by molar-refractivity contribution is 9.10. The molecule has 1 heterocycles. The van der Waals surface area contributed by atoms with Gasteiger partial charge < -0.3 is 4.74 Å². The molecular formula is C18H15BrOS. The second-order valence-corrected chi connectivity index (χ2v) is 6.85. The maximum atomic E-state index is 5.45. The molecule has 21 heavy (non-hydrogen) atoms. The van der Waals surface area contributed by atoms with Gasteiger partial charge >= 0.3 is 0 Å². The van der Waals surface area contributed by atoms with E-state index in [1.165, 1.54) is 20.9 Å². The van der Waals surface area contributed by atoms with Crippen molar-refractivity contribution in [3.8, 4) is 16.2 Å². The molecule has 0 radical (unpaired) electrons. The molecule has 1 nitrogen and oxygen atoms in total. The first-order valence-corrected chi connectivity index (χ1v) is 8.34. The van der Waals surface area contributed by atoms with Gasteiger partial charge in [-0.2, -0.15) is 0 Å². The molecule has 106 valence electrons. The van der Waals surface area contributed by atoms with Crippen LogP contribution >= 0.6 is 27.3 Å². The number of methoxy groups -OCH3 is 1. The van der Waals surface area contributed by atoms with Crippen molar-refractivity contribution in [2.75, 3.05) is 7.11 Å². The highest BCUT2D eigenvalue weighted by Crippen LogP contribution is 2.32. The van der Waals surface area contributed by atoms with Gasteiger partial charge in [-0.05, 0) is 35.9 Å². The fraction of sp³-hybridized carbons (Fsp3) is 0.111. The monoisotopic (exact) mass is 358 g/mol. The van der Waals surface area contributed by atoms with Crippen molar-refractivity contribution in [3.05, 3.63) is 75.6 Å². The molecule has 0 amide bonds. The molecule has 0 bridgehead atoms. The normalized spacial score (nSPS) is 10.6. The number of halogens is 1. The minimum absolute atomic E-state index is 0.889. The number of rotatable bonds is 4. The summed E-state index contributed by atoms with van der Waals surface area (Å²) < 4.78 is 6.53. The lowest BCUT2D eigenvalue weighted by Gasteiger charge is -2.07. The quantitative estimate of drug-likeness (QED) is 0.574. The van der Waals surface area contributed by atoms with E-state index in [0.717, 1.165) is 16.6 Å². The number of benzene rings is 2. The van der Waals surface area contributed by atoms with Crippen LogP contribution in [0.3, 0.4) is 0 Å². The van der Waals surface area contributed by atoms with E-state index in [9.17, 15) is 0 Å². The van der Waals surface area contributed by atoms with Crippen molar-refractivity contribution in [1.29, 1.82) is 0 Å². The second kappa shape index (κ2) is 6.46. The molecule has 0 aliphatic heterocycles. The Morgan fingerprint density at radius 2 is 1.81 bits per heavy atom. The van der Waals surface area contributed by atoms with Gasteiger partial charge in [0.25, 0.3) is 0 Å². The summed E-state index contributed by atoms with van der Waals surface area (Å²) in [5.74, 6) is 0.938. The number of hydrogen-bond donors (Lipinski definition) is 0. The van der Waals surface area contributed by atoms with E-state index in [-0.39, 0.29) is 0 Å². The summed E-state index contributed by atoms with van der Waals surface area (Å²) in [4.78, 5) is 2.64. The lowest BCUT2D eigenvalue weighted by atomic mass is 10.1. The lowest BCUT2D eigenvalue weighted by molar-refractivity contribution is 0.410. The van der Waals surface area contributed by atoms with E-state index >= 15 is 0 Å². The van der Waals surface area contributed by atoms with Crippen LogP contribution in [0, 0.1) is 0 Å². The molecule has 0 atom stereocenters. The fourth-order valence-electron chi connectivity index (χ4n) is 2.30. The molecule has 3 aromatic rings. The molecule has 0 unspecified atom stereocenters. The van der Waals surface area contributed by atoms with Crippen molar-refractivity contribution in [3.63, 3.8) is 0 Å². The van der Waals surface area contributed by atoms with Crippen molar-refractivity contribution in [2.45, 2.75) is 6.42 Å². The third kappa shape index (κ3) is 3.36. The molecule has 3 rings (SSSR count). The third-order valence-corrected chi connectivity index (χ3v) is 4.95. The Morgan fingerprint density at radius 1 is 1.00 bits per heavy atom. The predicted octanol–water partition coefficient (Wildman–Crippen LogP) is 5.78. The second-order valence-electron chi connectivity index (χ2n) is 4.76. The zero-order valence-corrected chi connectivity index (χ0v) is 14.1. The molecule has 0 fully saturated rings. The van der Waals surface area contributed by atoms with Crippen LogP contribution in [-0.4, -0.2) is 7.11 Å². The average Bonchev–Trinajstić information content (AvgIpc) is 2.97. The molecule has 3 heteroatoms. The van der Waals surface area contributed by atoms with Crippen LogP contribution < -0.4 is 4.74 Å². The van der Waals surface area contributed by atoms with Gasteiger partial charge in [0.15, 0.2) is 0 Å². The zero-order chi connectivity index (χ0) is 14.7. The first kappa shape index (κ1) is 14.4. The van der Waals surface area contributed by atoms with E-state index in [4.69, 9.17) is 4.74 Å². The summed E-state index contributed by atoms with van der Waals surface area (Å²) in [6.45, 7) is 0. The van der Waals surface area contributed by atoms with Crippen LogP contribution in [0.1, 0.15) is 10.4 Å². The molecular weight excluding hydrogens is 344 g/mol. The standard InChI is InChI=1S/C18H15BrOS/c1-20-17-9-7-15(19)11-14(17)12-16-8-10-18(21-16)13-5-3-2-4-6-13/h2-11H,12H2,1H3. The fourth-order valence-corrected chi connectivity index (χ4v) is 3.75. The highest BCUT2D eigenvalue weighted by Gasteiger charge is 2.08. The highest BCUT2D eigenvalue weighted by atomic mass is 79.9. The lowest BCUT2D eigenvalue weighted by Crippen LogP contribution is -1.92. The average molecular weight is 359 g/mol. The molecule has 1 aromatic heterocycles. The maximum absolute atomic E-state index is 5.45. The molecule has 0 spiro atoms. The summed E-state index contributed by atoms with van der Waals surface area (Å²) in [6, 6.07) is 21.0. The molecule has 0 N–H and O–H groups in total. The number of hydrogen-bond acceptors (Lipinski definition) is 2. The van der Waals surface area contributed by atoms with Crippen LogP contribution in [0.4, 0.5) is 0 Å². The van der Waals surface area contributed by atoms with Crippen LogP contribution in [0.25, 0.3) is 10.4 Å². The molecule has 2 aromatic carbocycles. The van der Waals surface area contributed by atoms with Crippen molar-refractivity contribution < 1.29 is 4.74 Å². The predicted molar refractivity (Wildman–Crippen MR) is 93.3 cm³/mol. The van der Waals surface area contributed by atoms with Gasteiger partial charge in [0.1, 0.15) is 5.75 Å². The molecule has 0 aliphatic carbocycles. The van der Waals surface area contributed by atoms with Crippen LogP contribution in [0.2, 0.25) is 0 Å². The van der Waals surface area contributed by atoms with Gasteiger partial charge in [-0.1, -0.05) is 46.3 Å². The smallest absolute Gasteiger partial charge is 0.122 e. The summed E-state index contributed by atoms with van der Waals surface area (Å²) in [7, 11) is 1.72. The van der Waals surface area contributed by atoms with Crippen LogP contribution in [0.15, 0.2) is 65.1 Å². The Bertz CT molecular complexity index is 734. The Balaban J connectivity index is 1.87. The van der Waals surface area contributed by atoms with Crippen molar-refractivity contribution >= 4 is 27.3 Å². The number of thiophene rings is 1. The van der Waals surface area contributed by atoms with Gasteiger partial charge in [0, 0.05) is 26.2 Å². The van der Waals surface area contributed by atoms with E-state index in [1.54, 1.807) is 7.11 Å². The Labute approximate surface area is 137 Å². The van der Waals surface area contributed by atoms with E-state index in [2.05, 4.69) is 58.4 Å². The first-order valence-electron chi connectivity index (χ1n) is 6.73.